The van der Waals surface area contributed by atoms with Crippen LogP contribution in [0.15, 0.2) is 34.8 Å². The van der Waals surface area contributed by atoms with Gasteiger partial charge in [-0.05, 0) is 66.9 Å². The summed E-state index contributed by atoms with van der Waals surface area (Å²) in [5, 5.41) is 39.5. The van der Waals surface area contributed by atoms with Gasteiger partial charge in [0, 0.05) is 33.0 Å². The second-order valence-electron chi connectivity index (χ2n) is 7.71. The summed E-state index contributed by atoms with van der Waals surface area (Å²) in [5.41, 5.74) is 0. The Hall–Kier alpha value is -0.990. The molecular weight excluding hydrogens is 456 g/mol. The molecule has 162 valence electrons. The van der Waals surface area contributed by atoms with E-state index in [1.165, 1.54) is 9.75 Å². The molecule has 0 aliphatic heterocycles. The maximum absolute atomic E-state index is 10.5. The van der Waals surface area contributed by atoms with Gasteiger partial charge in [-0.2, -0.15) is 0 Å². The zero-order valence-electron chi connectivity index (χ0n) is 16.7. The van der Waals surface area contributed by atoms with E-state index in [0.29, 0.717) is 32.1 Å². The molecule has 1 aliphatic rings. The third-order valence-electron chi connectivity index (χ3n) is 5.40. The molecule has 1 heterocycles. The number of halogens is 1. The highest BCUT2D eigenvalue weighted by molar-refractivity contribution is 9.10. The second-order valence-corrected chi connectivity index (χ2v) is 9.91. The van der Waals surface area contributed by atoms with Gasteiger partial charge >= 0.3 is 5.97 Å². The summed E-state index contributed by atoms with van der Waals surface area (Å²) in [6.45, 7) is 2.06. The van der Waals surface area contributed by atoms with Crippen LogP contribution in [0.4, 0.5) is 0 Å². The number of aliphatic hydroxyl groups excluding tert-OH is 3. The lowest BCUT2D eigenvalue weighted by molar-refractivity contribution is -0.137. The number of unbranched alkanes of at least 4 members (excludes halogenated alkanes) is 1. The van der Waals surface area contributed by atoms with E-state index >= 15 is 0 Å². The van der Waals surface area contributed by atoms with Crippen molar-refractivity contribution in [2.75, 3.05) is 0 Å². The predicted octanol–water partition coefficient (Wildman–Crippen LogP) is 4.23. The number of allylic oxidation sites excluding steroid dienone is 2. The molecule has 0 bridgehead atoms. The molecular formula is C22H31BrO5S. The molecule has 2 rings (SSSR count). The predicted molar refractivity (Wildman–Crippen MR) is 119 cm³/mol. The van der Waals surface area contributed by atoms with Gasteiger partial charge < -0.3 is 20.4 Å². The van der Waals surface area contributed by atoms with Crippen LogP contribution >= 0.6 is 27.3 Å². The number of carboxylic acid groups (broad SMARTS) is 1. The number of aliphatic carboxylic acids is 1. The van der Waals surface area contributed by atoms with Gasteiger partial charge in [0.15, 0.2) is 0 Å². The smallest absolute Gasteiger partial charge is 0.303 e. The first-order chi connectivity index (χ1) is 13.8. The Labute approximate surface area is 184 Å². The monoisotopic (exact) mass is 486 g/mol. The third-order valence-corrected chi connectivity index (χ3v) is 7.60. The lowest BCUT2D eigenvalue weighted by Crippen LogP contribution is -2.20. The van der Waals surface area contributed by atoms with Crippen molar-refractivity contribution in [1.29, 1.82) is 0 Å². The van der Waals surface area contributed by atoms with E-state index in [9.17, 15) is 20.1 Å². The summed E-state index contributed by atoms with van der Waals surface area (Å²) in [7, 11) is 0. The Balaban J connectivity index is 1.83. The zero-order chi connectivity index (χ0) is 21.4. The standard InChI is InChI=1S/C22H31BrO5S/c1-14-19(23)12-16(29-14)10-8-15(24)9-11-18-17(20(25)13-21(18)26)6-4-2-3-5-7-22(27)28/h2,4,9,11-12,15,17-18,20-21,24-26H,3,5-8,10,13H2,1H3,(H,27,28)/t15?,17-,18-,20?,21?/m1/s1. The molecule has 5 atom stereocenters. The van der Waals surface area contributed by atoms with Crippen molar-refractivity contribution in [2.24, 2.45) is 11.8 Å². The van der Waals surface area contributed by atoms with E-state index < -0.39 is 24.3 Å². The van der Waals surface area contributed by atoms with Crippen molar-refractivity contribution in [3.8, 4) is 0 Å². The molecule has 1 aromatic heterocycles. The van der Waals surface area contributed by atoms with Gasteiger partial charge in [0.05, 0.1) is 18.3 Å². The summed E-state index contributed by atoms with van der Waals surface area (Å²) in [6.07, 6.45) is 9.52. The SMILES string of the molecule is Cc1sc(CCC(O)C=C[C@H]2C(O)CC(O)[C@@H]2CC=CCCCC(=O)O)cc1Br. The molecule has 7 heteroatoms. The first-order valence-electron chi connectivity index (χ1n) is 10.1. The Kier molecular flexibility index (Phi) is 10.1. The summed E-state index contributed by atoms with van der Waals surface area (Å²) < 4.78 is 1.10. The number of hydrogen-bond acceptors (Lipinski definition) is 5. The minimum Gasteiger partial charge on any atom is -0.481 e. The molecule has 3 unspecified atom stereocenters. The Morgan fingerprint density at radius 2 is 2.10 bits per heavy atom. The fourth-order valence-corrected chi connectivity index (χ4v) is 5.35. The van der Waals surface area contributed by atoms with Crippen LogP contribution in [0.25, 0.3) is 0 Å². The van der Waals surface area contributed by atoms with Crippen molar-refractivity contribution >= 4 is 33.2 Å². The molecule has 1 saturated carbocycles. The quantitative estimate of drug-likeness (QED) is 0.277. The fraction of sp³-hybridized carbons (Fsp3) is 0.591. The van der Waals surface area contributed by atoms with E-state index in [1.807, 2.05) is 18.2 Å². The number of rotatable bonds is 11. The van der Waals surface area contributed by atoms with Crippen molar-refractivity contribution in [3.05, 3.63) is 44.6 Å². The van der Waals surface area contributed by atoms with E-state index in [4.69, 9.17) is 5.11 Å². The van der Waals surface area contributed by atoms with Crippen LogP contribution in [0, 0.1) is 18.8 Å². The highest BCUT2D eigenvalue weighted by Crippen LogP contribution is 2.36. The average Bonchev–Trinajstić information content (AvgIpc) is 3.11. The minimum absolute atomic E-state index is 0.0972. The van der Waals surface area contributed by atoms with Crippen LogP contribution in [0.1, 0.15) is 48.3 Å². The van der Waals surface area contributed by atoms with Crippen LogP contribution in [-0.4, -0.2) is 44.7 Å². The van der Waals surface area contributed by atoms with Crippen molar-refractivity contribution in [1.82, 2.24) is 0 Å². The molecule has 5 nitrogen and oxygen atoms in total. The van der Waals surface area contributed by atoms with E-state index in [2.05, 4.69) is 28.9 Å². The Morgan fingerprint density at radius 3 is 2.76 bits per heavy atom. The van der Waals surface area contributed by atoms with Crippen LogP contribution in [0.3, 0.4) is 0 Å². The van der Waals surface area contributed by atoms with Gasteiger partial charge in [0.2, 0.25) is 0 Å². The number of thiophene rings is 1. The number of carbonyl (C=O) groups is 1. The van der Waals surface area contributed by atoms with E-state index in [1.54, 1.807) is 17.4 Å². The van der Waals surface area contributed by atoms with Gasteiger partial charge in [0.25, 0.3) is 0 Å². The van der Waals surface area contributed by atoms with Crippen molar-refractivity contribution in [2.45, 2.75) is 70.2 Å². The molecule has 0 radical (unpaired) electrons. The first kappa shape index (κ1) is 24.3. The molecule has 0 saturated heterocycles. The van der Waals surface area contributed by atoms with Gasteiger partial charge in [0.1, 0.15) is 0 Å². The molecule has 0 spiro atoms. The normalized spacial score (nSPS) is 26.0. The summed E-state index contributed by atoms with van der Waals surface area (Å²) in [4.78, 5) is 13.0. The molecule has 4 N–H and O–H groups in total. The lowest BCUT2D eigenvalue weighted by Gasteiger charge is -2.19. The summed E-state index contributed by atoms with van der Waals surface area (Å²) in [5.74, 6) is -1.08. The average molecular weight is 487 g/mol. The number of carboxylic acids is 1. The summed E-state index contributed by atoms with van der Waals surface area (Å²) in [6, 6.07) is 2.09. The molecule has 1 aromatic rings. The van der Waals surface area contributed by atoms with Crippen LogP contribution in [-0.2, 0) is 11.2 Å². The highest BCUT2D eigenvalue weighted by atomic mass is 79.9. The largest absolute Gasteiger partial charge is 0.481 e. The lowest BCUT2D eigenvalue weighted by atomic mass is 9.89. The molecule has 0 amide bonds. The summed E-state index contributed by atoms with van der Waals surface area (Å²) >= 11 is 5.23. The first-order valence-corrected chi connectivity index (χ1v) is 11.7. The van der Waals surface area contributed by atoms with Crippen LogP contribution in [0.2, 0.25) is 0 Å². The number of hydrogen-bond donors (Lipinski definition) is 4. The van der Waals surface area contributed by atoms with Gasteiger partial charge in [-0.1, -0.05) is 24.3 Å². The fourth-order valence-electron chi connectivity index (χ4n) is 3.73. The maximum atomic E-state index is 10.5. The van der Waals surface area contributed by atoms with Crippen molar-refractivity contribution in [3.63, 3.8) is 0 Å². The second kappa shape index (κ2) is 12.0. The van der Waals surface area contributed by atoms with Gasteiger partial charge in [-0.15, -0.1) is 11.3 Å². The molecule has 0 aromatic carbocycles. The van der Waals surface area contributed by atoms with E-state index in [0.717, 1.165) is 10.9 Å². The van der Waals surface area contributed by atoms with E-state index in [-0.39, 0.29) is 18.3 Å². The molecule has 1 fully saturated rings. The number of aryl methyl sites for hydroxylation is 2. The zero-order valence-corrected chi connectivity index (χ0v) is 19.1. The van der Waals surface area contributed by atoms with Gasteiger partial charge in [-0.3, -0.25) is 4.79 Å². The number of aliphatic hydroxyl groups is 3. The molecule has 29 heavy (non-hydrogen) atoms. The van der Waals surface area contributed by atoms with Crippen molar-refractivity contribution < 1.29 is 25.2 Å². The molecule has 1 aliphatic carbocycles. The minimum atomic E-state index is -0.793. The maximum Gasteiger partial charge on any atom is 0.303 e. The van der Waals surface area contributed by atoms with Crippen LogP contribution < -0.4 is 0 Å². The highest BCUT2D eigenvalue weighted by Gasteiger charge is 2.39. The Morgan fingerprint density at radius 1 is 1.34 bits per heavy atom. The Bertz CT molecular complexity index is 695. The topological polar surface area (TPSA) is 98.0 Å². The van der Waals surface area contributed by atoms with Crippen LogP contribution in [0.5, 0.6) is 0 Å². The third kappa shape index (κ3) is 7.98. The van der Waals surface area contributed by atoms with Gasteiger partial charge in [-0.25, -0.2) is 0 Å².